The van der Waals surface area contributed by atoms with E-state index in [1.165, 1.54) is 10.8 Å². The van der Waals surface area contributed by atoms with E-state index in [1.807, 2.05) is 7.05 Å². The molecule has 2 aliphatic carbocycles. The van der Waals surface area contributed by atoms with Crippen LogP contribution in [0.25, 0.3) is 18.2 Å². The van der Waals surface area contributed by atoms with Crippen molar-refractivity contribution in [2.45, 2.75) is 25.3 Å². The molecule has 0 radical (unpaired) electrons. The second-order valence-electron chi connectivity index (χ2n) is 4.16. The summed E-state index contributed by atoms with van der Waals surface area (Å²) in [4.78, 5) is 0. The standard InChI is InChI=1S/C13H15NO/c1-14-9-6-7-11-10-4-2-3-5-12(10)15-13(11)8-9/h4-7,9,14H,2-3,8H2,1H3. The lowest BCUT2D eigenvalue weighted by Crippen LogP contribution is -2.28. The number of furan rings is 1. The van der Waals surface area contributed by atoms with Crippen molar-refractivity contribution >= 4 is 18.2 Å². The summed E-state index contributed by atoms with van der Waals surface area (Å²) in [5, 5.41) is 4.57. The van der Waals surface area contributed by atoms with Crippen LogP contribution >= 0.6 is 0 Å². The zero-order valence-electron chi connectivity index (χ0n) is 8.92. The van der Waals surface area contributed by atoms with Gasteiger partial charge in [0.1, 0.15) is 11.2 Å². The minimum atomic E-state index is 0.421. The Labute approximate surface area is 89.0 Å². The first-order chi connectivity index (χ1) is 7.38. The molecule has 0 saturated carbocycles. The number of likely N-dealkylation sites (N-methyl/N-ethyl adjacent to an activating group) is 1. The molecule has 1 unspecified atom stereocenters. The lowest BCUT2D eigenvalue weighted by Gasteiger charge is -2.14. The van der Waals surface area contributed by atoms with Crippen LogP contribution in [-0.4, -0.2) is 13.1 Å². The van der Waals surface area contributed by atoms with Crippen molar-refractivity contribution in [3.05, 3.63) is 28.0 Å². The number of hydrogen-bond donors (Lipinski definition) is 1. The Balaban J connectivity index is 2.18. The predicted molar refractivity (Wildman–Crippen MR) is 61.7 cm³/mol. The van der Waals surface area contributed by atoms with Gasteiger partial charge in [0.2, 0.25) is 0 Å². The largest absolute Gasteiger partial charge is 0.461 e. The van der Waals surface area contributed by atoms with E-state index >= 15 is 0 Å². The van der Waals surface area contributed by atoms with Crippen molar-refractivity contribution in [2.75, 3.05) is 7.05 Å². The molecule has 0 spiro atoms. The Hall–Kier alpha value is -1.28. The summed E-state index contributed by atoms with van der Waals surface area (Å²) in [6.07, 6.45) is 12.1. The van der Waals surface area contributed by atoms with Crippen LogP contribution in [0.5, 0.6) is 0 Å². The zero-order valence-corrected chi connectivity index (χ0v) is 8.92. The van der Waals surface area contributed by atoms with Crippen LogP contribution in [0.1, 0.15) is 24.2 Å². The lowest BCUT2D eigenvalue weighted by molar-refractivity contribution is 0.457. The van der Waals surface area contributed by atoms with Crippen molar-refractivity contribution in [2.24, 2.45) is 0 Å². The van der Waals surface area contributed by atoms with Gasteiger partial charge in [0.15, 0.2) is 0 Å². The first kappa shape index (κ1) is 8.98. The quantitative estimate of drug-likeness (QED) is 0.727. The summed E-state index contributed by atoms with van der Waals surface area (Å²) in [5.41, 5.74) is 2.38. The summed E-state index contributed by atoms with van der Waals surface area (Å²) >= 11 is 0. The van der Waals surface area contributed by atoms with Crippen molar-refractivity contribution in [3.63, 3.8) is 0 Å². The molecule has 1 aromatic rings. The Morgan fingerprint density at radius 1 is 1.33 bits per heavy atom. The molecule has 0 fully saturated rings. The van der Waals surface area contributed by atoms with Gasteiger partial charge in [0.25, 0.3) is 0 Å². The highest BCUT2D eigenvalue weighted by atomic mass is 16.3. The zero-order chi connectivity index (χ0) is 10.3. The second kappa shape index (κ2) is 3.38. The van der Waals surface area contributed by atoms with Gasteiger partial charge in [0.05, 0.1) is 0 Å². The number of hydrogen-bond acceptors (Lipinski definition) is 2. The summed E-state index contributed by atoms with van der Waals surface area (Å²) in [6.45, 7) is 0. The van der Waals surface area contributed by atoms with E-state index < -0.39 is 0 Å². The lowest BCUT2D eigenvalue weighted by atomic mass is 9.99. The molecule has 15 heavy (non-hydrogen) atoms. The van der Waals surface area contributed by atoms with Crippen molar-refractivity contribution in [3.8, 4) is 0 Å². The smallest absolute Gasteiger partial charge is 0.130 e. The summed E-state index contributed by atoms with van der Waals surface area (Å²) in [6, 6.07) is 0.421. The van der Waals surface area contributed by atoms with E-state index in [1.54, 1.807) is 0 Å². The first-order valence-electron chi connectivity index (χ1n) is 5.56. The van der Waals surface area contributed by atoms with Crippen LogP contribution in [0, 0.1) is 0 Å². The van der Waals surface area contributed by atoms with Gasteiger partial charge in [-0.3, -0.25) is 0 Å². The number of rotatable bonds is 1. The fourth-order valence-corrected chi connectivity index (χ4v) is 2.34. The fraction of sp³-hybridized carbons (Fsp3) is 0.385. The van der Waals surface area contributed by atoms with Gasteiger partial charge >= 0.3 is 0 Å². The molecule has 1 atom stereocenters. The Morgan fingerprint density at radius 3 is 3.07 bits per heavy atom. The first-order valence-corrected chi connectivity index (χ1v) is 5.56. The van der Waals surface area contributed by atoms with E-state index in [4.69, 9.17) is 4.42 Å². The van der Waals surface area contributed by atoms with Gasteiger partial charge in [-0.15, -0.1) is 0 Å². The van der Waals surface area contributed by atoms with Crippen LogP contribution in [0.3, 0.4) is 0 Å². The van der Waals surface area contributed by atoms with Gasteiger partial charge in [-0.2, -0.15) is 0 Å². The Morgan fingerprint density at radius 2 is 2.20 bits per heavy atom. The third kappa shape index (κ3) is 1.37. The predicted octanol–water partition coefficient (Wildman–Crippen LogP) is 0.792. The fourth-order valence-electron chi connectivity index (χ4n) is 2.34. The second-order valence-corrected chi connectivity index (χ2v) is 4.16. The van der Waals surface area contributed by atoms with Gasteiger partial charge in [-0.25, -0.2) is 0 Å². The normalized spacial score (nSPS) is 22.6. The van der Waals surface area contributed by atoms with Crippen LogP contribution < -0.4 is 16.0 Å². The van der Waals surface area contributed by atoms with Crippen molar-refractivity contribution in [1.82, 2.24) is 5.32 Å². The molecule has 0 aliphatic heterocycles. The maximum atomic E-state index is 5.88. The molecule has 2 aliphatic rings. The molecule has 1 heterocycles. The molecule has 0 aromatic carbocycles. The van der Waals surface area contributed by atoms with Gasteiger partial charge in [-0.05, 0) is 26.0 Å². The minimum Gasteiger partial charge on any atom is -0.461 e. The average molecular weight is 201 g/mol. The molecular formula is C13H15NO. The highest BCUT2D eigenvalue weighted by molar-refractivity contribution is 5.59. The summed E-state index contributed by atoms with van der Waals surface area (Å²) in [7, 11) is 1.99. The van der Waals surface area contributed by atoms with E-state index in [0.717, 1.165) is 30.4 Å². The molecule has 3 rings (SSSR count). The van der Waals surface area contributed by atoms with Crippen LogP contribution in [-0.2, 0) is 6.42 Å². The molecule has 0 bridgehead atoms. The molecule has 2 heteroatoms. The van der Waals surface area contributed by atoms with Gasteiger partial charge in [0, 0.05) is 23.2 Å². The summed E-state index contributed by atoms with van der Waals surface area (Å²) in [5.74, 6) is 1.14. The van der Waals surface area contributed by atoms with Crippen LogP contribution in [0.4, 0.5) is 0 Å². The Kier molecular flexibility index (Phi) is 2.03. The molecule has 78 valence electrons. The minimum absolute atomic E-state index is 0.421. The maximum absolute atomic E-state index is 5.88. The number of fused-ring (bicyclic) bond motifs is 3. The van der Waals surface area contributed by atoms with E-state index in [0.29, 0.717) is 6.04 Å². The Bertz CT molecular complexity index is 521. The highest BCUT2D eigenvalue weighted by Crippen LogP contribution is 2.16. The SMILES string of the molecule is CNC1C=Cc2c(oc3c2=CCCC=3)C1. The average Bonchev–Trinajstić information content (AvgIpc) is 2.66. The maximum Gasteiger partial charge on any atom is 0.130 e. The topological polar surface area (TPSA) is 25.2 Å². The summed E-state index contributed by atoms with van der Waals surface area (Å²) < 4.78 is 5.88. The van der Waals surface area contributed by atoms with Crippen LogP contribution in [0.2, 0.25) is 0 Å². The third-order valence-corrected chi connectivity index (χ3v) is 3.21. The molecule has 0 amide bonds. The highest BCUT2D eigenvalue weighted by Gasteiger charge is 2.17. The van der Waals surface area contributed by atoms with E-state index in [2.05, 4.69) is 29.6 Å². The van der Waals surface area contributed by atoms with E-state index in [9.17, 15) is 0 Å². The van der Waals surface area contributed by atoms with Crippen molar-refractivity contribution in [1.29, 1.82) is 0 Å². The molecule has 2 nitrogen and oxygen atoms in total. The molecule has 1 aromatic heterocycles. The van der Waals surface area contributed by atoms with Crippen LogP contribution in [0.15, 0.2) is 10.5 Å². The molecular weight excluding hydrogens is 186 g/mol. The monoisotopic (exact) mass is 201 g/mol. The van der Waals surface area contributed by atoms with Crippen molar-refractivity contribution < 1.29 is 4.42 Å². The number of nitrogens with one attached hydrogen (secondary N) is 1. The third-order valence-electron chi connectivity index (χ3n) is 3.21. The van der Waals surface area contributed by atoms with Gasteiger partial charge in [-0.1, -0.05) is 18.2 Å². The van der Waals surface area contributed by atoms with Gasteiger partial charge < -0.3 is 9.73 Å². The molecule has 1 N–H and O–H groups in total. The van der Waals surface area contributed by atoms with E-state index in [-0.39, 0.29) is 0 Å². The molecule has 0 saturated heterocycles.